The first kappa shape index (κ1) is 28.9. The molecule has 12 nitrogen and oxygen atoms in total. The summed E-state index contributed by atoms with van der Waals surface area (Å²) in [4.78, 5) is 32.7. The summed E-state index contributed by atoms with van der Waals surface area (Å²) in [6.45, 7) is 5.14. The average Bonchev–Trinajstić information content (AvgIpc) is 2.97. The number of nitrogens with zero attached hydrogens (tertiary/aromatic N) is 5. The zero-order valence-corrected chi connectivity index (χ0v) is 24.6. The van der Waals surface area contributed by atoms with Crippen LogP contribution < -0.4 is 25.3 Å². The van der Waals surface area contributed by atoms with Crippen molar-refractivity contribution in [2.45, 2.75) is 0 Å². The van der Waals surface area contributed by atoms with Crippen molar-refractivity contribution < 1.29 is 22.4 Å². The van der Waals surface area contributed by atoms with Gasteiger partial charge in [0.05, 0.1) is 18.2 Å². The second-order valence-electron chi connectivity index (χ2n) is 10.5. The van der Waals surface area contributed by atoms with Crippen LogP contribution in [0, 0.1) is 0 Å². The molecule has 0 radical (unpaired) electrons. The zero-order chi connectivity index (χ0) is 29.3. The molecule has 3 aromatic rings. The van der Waals surface area contributed by atoms with Crippen LogP contribution in [0.1, 0.15) is 10.6 Å². The monoisotopic (exact) mass is 584 g/mol. The molecule has 41 heavy (non-hydrogen) atoms. The van der Waals surface area contributed by atoms with E-state index in [1.807, 2.05) is 18.2 Å². The van der Waals surface area contributed by atoms with Crippen LogP contribution in [0.25, 0.3) is 11.0 Å². The van der Waals surface area contributed by atoms with Gasteiger partial charge >= 0.3 is 0 Å². The largest absolute Gasteiger partial charge is 0.497 e. The lowest BCUT2D eigenvalue weighted by atomic mass is 10.1. The van der Waals surface area contributed by atoms with E-state index >= 15 is 0 Å². The Balaban J connectivity index is 1.32. The summed E-state index contributed by atoms with van der Waals surface area (Å²) in [5.41, 5.74) is 2.23. The number of amides is 1. The van der Waals surface area contributed by atoms with Gasteiger partial charge in [-0.25, -0.2) is 0 Å². The van der Waals surface area contributed by atoms with Gasteiger partial charge in [0.15, 0.2) is 16.8 Å². The Kier molecular flexibility index (Phi) is 8.23. The van der Waals surface area contributed by atoms with E-state index < -0.39 is 16.1 Å². The minimum atomic E-state index is -3.43. The maximum absolute atomic E-state index is 13.2. The summed E-state index contributed by atoms with van der Waals surface area (Å²) in [6, 6.07) is 12.0. The standard InChI is InChI=1S/C28H36N6O6S/c1-30(2)41(37,38)34-15-13-32(14-16-34)21-7-5-20(6-8-21)29-28(36)26-19-25(35)23-17-22(39-4)18-24(27(23)40-26)33-11-9-31(3)10-12-33/h5-8,17-19H,9-16H2,1-4H3,(H,29,36). The molecule has 2 saturated heterocycles. The number of likely N-dealkylation sites (N-methyl/N-ethyl adjacent to an activating group) is 1. The van der Waals surface area contributed by atoms with Gasteiger partial charge in [0.25, 0.3) is 16.1 Å². The molecule has 0 unspecified atom stereocenters. The summed E-state index contributed by atoms with van der Waals surface area (Å²) >= 11 is 0. The molecule has 13 heteroatoms. The van der Waals surface area contributed by atoms with E-state index in [0.29, 0.717) is 48.6 Å². The summed E-state index contributed by atoms with van der Waals surface area (Å²) in [5, 5.41) is 3.18. The quantitative estimate of drug-likeness (QED) is 0.443. The molecule has 220 valence electrons. The molecular formula is C28H36N6O6S. The number of carbonyl (C=O) groups is 1. The maximum atomic E-state index is 13.2. The van der Waals surface area contributed by atoms with Crippen molar-refractivity contribution in [3.8, 4) is 5.75 Å². The second kappa shape index (κ2) is 11.7. The van der Waals surface area contributed by atoms with Crippen molar-refractivity contribution in [1.82, 2.24) is 13.5 Å². The van der Waals surface area contributed by atoms with Crippen LogP contribution in [0.3, 0.4) is 0 Å². The van der Waals surface area contributed by atoms with Crippen LogP contribution in [0.15, 0.2) is 51.7 Å². The summed E-state index contributed by atoms with van der Waals surface area (Å²) < 4.78 is 39.0. The normalized spacial score (nSPS) is 17.3. The number of anilines is 3. The molecule has 0 bridgehead atoms. The van der Waals surface area contributed by atoms with E-state index in [4.69, 9.17) is 9.15 Å². The molecule has 1 amide bonds. The predicted octanol–water partition coefficient (Wildman–Crippen LogP) is 1.73. The minimum absolute atomic E-state index is 0.0784. The van der Waals surface area contributed by atoms with Gasteiger partial charge in [-0.1, -0.05) is 0 Å². The Labute approximate surface area is 239 Å². The summed E-state index contributed by atoms with van der Waals surface area (Å²) in [6.07, 6.45) is 0. The average molecular weight is 585 g/mol. The number of rotatable bonds is 7. The molecule has 3 heterocycles. The Hall–Kier alpha value is -3.65. The number of hydrogen-bond donors (Lipinski definition) is 1. The number of ether oxygens (including phenoxy) is 1. The fraction of sp³-hybridized carbons (Fsp3) is 0.429. The molecule has 0 aliphatic carbocycles. The van der Waals surface area contributed by atoms with E-state index in [2.05, 4.69) is 27.1 Å². The van der Waals surface area contributed by atoms with Gasteiger partial charge in [0.2, 0.25) is 0 Å². The topological polar surface area (TPSA) is 119 Å². The molecule has 0 spiro atoms. The number of benzene rings is 2. The highest BCUT2D eigenvalue weighted by Crippen LogP contribution is 2.32. The number of nitrogens with one attached hydrogen (secondary N) is 1. The molecule has 0 saturated carbocycles. The first-order chi connectivity index (χ1) is 19.6. The molecule has 1 aromatic heterocycles. The summed E-state index contributed by atoms with van der Waals surface area (Å²) in [7, 11) is 3.24. The second-order valence-corrected chi connectivity index (χ2v) is 12.6. The van der Waals surface area contributed by atoms with Gasteiger partial charge < -0.3 is 29.2 Å². The van der Waals surface area contributed by atoms with Crippen molar-refractivity contribution in [3.05, 3.63) is 58.4 Å². The Bertz CT molecular complexity index is 1570. The van der Waals surface area contributed by atoms with Gasteiger partial charge in [0.1, 0.15) is 5.75 Å². The smallest absolute Gasteiger partial charge is 0.291 e. The zero-order valence-electron chi connectivity index (χ0n) is 23.8. The van der Waals surface area contributed by atoms with E-state index in [1.54, 1.807) is 25.3 Å². The molecule has 2 aromatic carbocycles. The van der Waals surface area contributed by atoms with Crippen LogP contribution >= 0.6 is 0 Å². The van der Waals surface area contributed by atoms with Crippen LogP contribution in [-0.4, -0.2) is 108 Å². The third kappa shape index (κ3) is 6.03. The van der Waals surface area contributed by atoms with Crippen molar-refractivity contribution in [3.63, 3.8) is 0 Å². The molecular weight excluding hydrogens is 548 g/mol. The molecule has 2 fully saturated rings. The third-order valence-electron chi connectivity index (χ3n) is 7.60. The SMILES string of the molecule is COc1cc(N2CCN(C)CC2)c2oc(C(=O)Nc3ccc(N4CCN(S(=O)(=O)N(C)C)CC4)cc3)cc(=O)c2c1. The Morgan fingerprint density at radius 2 is 1.56 bits per heavy atom. The number of carbonyl (C=O) groups excluding carboxylic acids is 1. The Morgan fingerprint density at radius 3 is 2.17 bits per heavy atom. The van der Waals surface area contributed by atoms with Gasteiger partial charge in [-0.3, -0.25) is 9.59 Å². The molecule has 2 aliphatic rings. The van der Waals surface area contributed by atoms with E-state index in [1.165, 1.54) is 28.8 Å². The molecule has 0 atom stereocenters. The van der Waals surface area contributed by atoms with Crippen LogP contribution in [-0.2, 0) is 10.2 Å². The first-order valence-corrected chi connectivity index (χ1v) is 14.9. The number of hydrogen-bond acceptors (Lipinski definition) is 9. The molecule has 1 N–H and O–H groups in total. The van der Waals surface area contributed by atoms with Crippen LogP contribution in [0.2, 0.25) is 0 Å². The lowest BCUT2D eigenvalue weighted by Crippen LogP contribution is -2.51. The molecule has 2 aliphatic heterocycles. The van der Waals surface area contributed by atoms with Gasteiger partial charge in [0, 0.05) is 90.0 Å². The number of methoxy groups -OCH3 is 1. The van der Waals surface area contributed by atoms with E-state index in [-0.39, 0.29) is 11.2 Å². The predicted molar refractivity (Wildman–Crippen MR) is 160 cm³/mol. The number of fused-ring (bicyclic) bond motifs is 1. The van der Waals surface area contributed by atoms with Gasteiger partial charge in [-0.05, 0) is 37.4 Å². The van der Waals surface area contributed by atoms with E-state index in [0.717, 1.165) is 37.6 Å². The van der Waals surface area contributed by atoms with Crippen LogP contribution in [0.5, 0.6) is 5.75 Å². The van der Waals surface area contributed by atoms with Crippen molar-refractivity contribution in [1.29, 1.82) is 0 Å². The van der Waals surface area contributed by atoms with Crippen molar-refractivity contribution in [2.75, 3.05) is 95.7 Å². The van der Waals surface area contributed by atoms with E-state index in [9.17, 15) is 18.0 Å². The summed E-state index contributed by atoms with van der Waals surface area (Å²) in [5.74, 6) is -0.0542. The highest BCUT2D eigenvalue weighted by Gasteiger charge is 2.28. The highest BCUT2D eigenvalue weighted by molar-refractivity contribution is 7.86. The highest BCUT2D eigenvalue weighted by atomic mass is 32.2. The third-order valence-corrected chi connectivity index (χ3v) is 9.54. The van der Waals surface area contributed by atoms with Crippen molar-refractivity contribution >= 4 is 44.1 Å². The van der Waals surface area contributed by atoms with Crippen LogP contribution in [0.4, 0.5) is 17.1 Å². The minimum Gasteiger partial charge on any atom is -0.497 e. The first-order valence-electron chi connectivity index (χ1n) is 13.5. The Morgan fingerprint density at radius 1 is 0.927 bits per heavy atom. The fourth-order valence-corrected chi connectivity index (χ4v) is 6.17. The lowest BCUT2D eigenvalue weighted by molar-refractivity contribution is 0.0997. The number of piperazine rings is 2. The maximum Gasteiger partial charge on any atom is 0.291 e. The fourth-order valence-electron chi connectivity index (χ4n) is 5.08. The van der Waals surface area contributed by atoms with Crippen molar-refractivity contribution in [2.24, 2.45) is 0 Å². The van der Waals surface area contributed by atoms with Gasteiger partial charge in [-0.2, -0.15) is 17.0 Å². The lowest BCUT2D eigenvalue weighted by Gasteiger charge is -2.36. The molecule has 5 rings (SSSR count). The van der Waals surface area contributed by atoms with Gasteiger partial charge in [-0.15, -0.1) is 0 Å².